The second-order valence-corrected chi connectivity index (χ2v) is 19.3. The molecule has 0 bridgehead atoms. The highest BCUT2D eigenvalue weighted by molar-refractivity contribution is 6.11. The normalized spacial score (nSPS) is 11.6. The maximum Gasteiger partial charge on any atom is 0.306 e. The van der Waals surface area contributed by atoms with Crippen LogP contribution in [0.15, 0.2) is 48.5 Å². The predicted molar refractivity (Wildman–Crippen MR) is 272 cm³/mol. The molecule has 0 radical (unpaired) electrons. The Kier molecular flexibility index (Phi) is 31.7. The molecule has 0 aromatic heterocycles. The van der Waals surface area contributed by atoms with Gasteiger partial charge < -0.3 is 18.9 Å². The van der Waals surface area contributed by atoms with Crippen LogP contribution >= 0.6 is 0 Å². The molecule has 0 atom stereocenters. The van der Waals surface area contributed by atoms with E-state index in [4.69, 9.17) is 18.9 Å². The van der Waals surface area contributed by atoms with Crippen molar-refractivity contribution in [3.8, 4) is 11.5 Å². The molecule has 0 heterocycles. The van der Waals surface area contributed by atoms with Crippen molar-refractivity contribution in [1.82, 2.24) is 0 Å². The van der Waals surface area contributed by atoms with Crippen molar-refractivity contribution in [3.63, 3.8) is 0 Å². The van der Waals surface area contributed by atoms with Crippen LogP contribution in [0.5, 0.6) is 11.5 Å². The number of unbranched alkanes of at least 4 members (excludes halogenated alkanes) is 30. The molecule has 0 unspecified atom stereocenters. The van der Waals surface area contributed by atoms with Gasteiger partial charge in [-0.2, -0.15) is 0 Å². The fourth-order valence-electron chi connectivity index (χ4n) is 9.04. The van der Waals surface area contributed by atoms with Crippen LogP contribution in [0, 0.1) is 0 Å². The number of esters is 2. The molecule has 0 N–H and O–H groups in total. The highest BCUT2D eigenvalue weighted by atomic mass is 16.5. The van der Waals surface area contributed by atoms with E-state index in [1.165, 1.54) is 167 Å². The van der Waals surface area contributed by atoms with E-state index in [1.54, 1.807) is 0 Å². The van der Waals surface area contributed by atoms with Crippen molar-refractivity contribution in [2.24, 2.45) is 0 Å². The minimum absolute atomic E-state index is 0.00222. The fourth-order valence-corrected chi connectivity index (χ4v) is 9.04. The van der Waals surface area contributed by atoms with Crippen molar-refractivity contribution >= 4 is 33.5 Å². The van der Waals surface area contributed by atoms with Crippen molar-refractivity contribution in [2.75, 3.05) is 13.2 Å². The quantitative estimate of drug-likeness (QED) is 0.0321. The molecule has 0 aliphatic rings. The summed E-state index contributed by atoms with van der Waals surface area (Å²) in [5, 5.41) is 4.62. The van der Waals surface area contributed by atoms with Gasteiger partial charge in [0, 0.05) is 34.4 Å². The topological polar surface area (TPSA) is 71.1 Å². The van der Waals surface area contributed by atoms with Crippen LogP contribution in [-0.2, 0) is 19.1 Å². The van der Waals surface area contributed by atoms with Gasteiger partial charge >= 0.3 is 11.9 Å². The third-order valence-electron chi connectivity index (χ3n) is 12.6. The van der Waals surface area contributed by atoms with E-state index in [0.29, 0.717) is 12.8 Å². The third-order valence-corrected chi connectivity index (χ3v) is 12.6. The molecule has 0 spiro atoms. The van der Waals surface area contributed by atoms with E-state index in [2.05, 4.69) is 48.5 Å². The zero-order valence-corrected chi connectivity index (χ0v) is 41.7. The number of hydrogen-bond acceptors (Lipinski definition) is 6. The molecule has 0 fully saturated rings. The van der Waals surface area contributed by atoms with Crippen LogP contribution in [0.25, 0.3) is 21.5 Å². The summed E-state index contributed by atoms with van der Waals surface area (Å²) >= 11 is 0. The lowest BCUT2D eigenvalue weighted by Crippen LogP contribution is -2.10. The molecule has 0 aliphatic heterocycles. The third kappa shape index (κ3) is 26.0. The average Bonchev–Trinajstić information content (AvgIpc) is 3.27. The first-order valence-corrected chi connectivity index (χ1v) is 26.9. The van der Waals surface area contributed by atoms with Crippen molar-refractivity contribution in [1.29, 1.82) is 0 Å². The molecule has 0 aliphatic carbocycles. The second-order valence-electron chi connectivity index (χ2n) is 19.3. The summed E-state index contributed by atoms with van der Waals surface area (Å²) in [5.41, 5.74) is 0. The summed E-state index contributed by atoms with van der Waals surface area (Å²) in [4.78, 5) is 23.2. The maximum atomic E-state index is 11.6. The number of fused-ring (bicyclic) bond motifs is 2. The lowest BCUT2D eigenvalue weighted by atomic mass is 10.0. The highest BCUT2D eigenvalue weighted by Crippen LogP contribution is 2.43. The van der Waals surface area contributed by atoms with Gasteiger partial charge in [0.25, 0.3) is 0 Å². The number of ether oxygens (including phenoxy) is 4. The highest BCUT2D eigenvalue weighted by Gasteiger charge is 2.16. The summed E-state index contributed by atoms with van der Waals surface area (Å²) in [6, 6.07) is 17.3. The standard InChI is InChI=1S/C58H94O6/c1-49(2)63-55(59)45-33-29-25-21-17-13-9-5-7-11-15-19-23-27-31-39-47-61-57-51-41-35-37-43-53(51)58(54-44-38-36-42-52(54)57)62-48-40-32-28-24-20-16-12-8-6-10-14-18-22-26-30-34-46-56(60)64-50(3)4/h35-38,41-44,49-50H,5-34,39-40,45-48H2,1-4H3. The molecule has 3 aromatic carbocycles. The van der Waals surface area contributed by atoms with Crippen molar-refractivity contribution in [3.05, 3.63) is 48.5 Å². The van der Waals surface area contributed by atoms with Crippen molar-refractivity contribution < 1.29 is 28.5 Å². The van der Waals surface area contributed by atoms with Gasteiger partial charge in [-0.3, -0.25) is 9.59 Å². The second kappa shape index (κ2) is 36.9. The Morgan fingerprint density at radius 1 is 0.328 bits per heavy atom. The zero-order chi connectivity index (χ0) is 45.7. The van der Waals surface area contributed by atoms with Crippen LogP contribution in [0.1, 0.15) is 246 Å². The van der Waals surface area contributed by atoms with Gasteiger partial charge in [-0.25, -0.2) is 0 Å². The Balaban J connectivity index is 1.17. The fraction of sp³-hybridized carbons (Fsp3) is 0.724. The van der Waals surface area contributed by atoms with Crippen LogP contribution in [0.2, 0.25) is 0 Å². The van der Waals surface area contributed by atoms with Gasteiger partial charge in [-0.1, -0.05) is 228 Å². The number of carbonyl (C=O) groups is 2. The molecule has 0 saturated carbocycles. The molecule has 362 valence electrons. The number of benzene rings is 3. The van der Waals surface area contributed by atoms with E-state index in [9.17, 15) is 9.59 Å². The first kappa shape index (κ1) is 55.1. The molecule has 3 aromatic rings. The van der Waals surface area contributed by atoms with Gasteiger partial charge in [-0.05, 0) is 53.4 Å². The Labute approximate surface area is 392 Å². The Hall–Kier alpha value is -3.28. The van der Waals surface area contributed by atoms with E-state index in [0.717, 1.165) is 84.8 Å². The van der Waals surface area contributed by atoms with E-state index < -0.39 is 0 Å². The zero-order valence-electron chi connectivity index (χ0n) is 41.7. The summed E-state index contributed by atoms with van der Waals surface area (Å²) in [6.07, 6.45) is 42.2. The molecule has 64 heavy (non-hydrogen) atoms. The lowest BCUT2D eigenvalue weighted by molar-refractivity contribution is -0.148. The Morgan fingerprint density at radius 3 is 0.750 bits per heavy atom. The number of carbonyl (C=O) groups excluding carboxylic acids is 2. The molecular weight excluding hydrogens is 793 g/mol. The van der Waals surface area contributed by atoms with Gasteiger partial charge in [0.2, 0.25) is 0 Å². The monoisotopic (exact) mass is 887 g/mol. The lowest BCUT2D eigenvalue weighted by Gasteiger charge is -2.18. The Bertz CT molecular complexity index is 1440. The van der Waals surface area contributed by atoms with E-state index in [1.807, 2.05) is 27.7 Å². The van der Waals surface area contributed by atoms with Gasteiger partial charge in [0.15, 0.2) is 0 Å². The summed E-state index contributed by atoms with van der Waals surface area (Å²) in [7, 11) is 0. The summed E-state index contributed by atoms with van der Waals surface area (Å²) < 4.78 is 23.6. The first-order chi connectivity index (χ1) is 31.4. The average molecular weight is 887 g/mol. The van der Waals surface area contributed by atoms with Crippen LogP contribution < -0.4 is 9.47 Å². The SMILES string of the molecule is CC(C)OC(=O)CCCCCCCCCCCCCCCCCCOc1c2ccccc2c(OCCCCCCCCCCCCCCCCCCC(=O)OC(C)C)c2ccccc12. The van der Waals surface area contributed by atoms with E-state index in [-0.39, 0.29) is 24.1 Å². The summed E-state index contributed by atoms with van der Waals surface area (Å²) in [6.45, 7) is 9.16. The molecule has 0 saturated heterocycles. The first-order valence-electron chi connectivity index (χ1n) is 26.9. The molecule has 6 heteroatoms. The van der Waals surface area contributed by atoms with E-state index >= 15 is 0 Å². The van der Waals surface area contributed by atoms with Crippen LogP contribution in [0.3, 0.4) is 0 Å². The van der Waals surface area contributed by atoms with Crippen LogP contribution in [0.4, 0.5) is 0 Å². The smallest absolute Gasteiger partial charge is 0.306 e. The van der Waals surface area contributed by atoms with Gasteiger partial charge in [0.05, 0.1) is 25.4 Å². The minimum Gasteiger partial charge on any atom is -0.492 e. The molecule has 3 rings (SSSR count). The van der Waals surface area contributed by atoms with Gasteiger partial charge in [0.1, 0.15) is 11.5 Å². The summed E-state index contributed by atoms with van der Waals surface area (Å²) in [5.74, 6) is 1.92. The van der Waals surface area contributed by atoms with Crippen LogP contribution in [-0.4, -0.2) is 37.4 Å². The Morgan fingerprint density at radius 2 is 0.531 bits per heavy atom. The van der Waals surface area contributed by atoms with Crippen molar-refractivity contribution in [2.45, 2.75) is 258 Å². The maximum absolute atomic E-state index is 11.6. The van der Waals surface area contributed by atoms with Gasteiger partial charge in [-0.15, -0.1) is 0 Å². The molecular formula is C58H94O6. The minimum atomic E-state index is -0.0438. The predicted octanol–water partition coefficient (Wildman–Crippen LogP) is 17.9. The number of rotatable bonds is 42. The largest absolute Gasteiger partial charge is 0.492 e. The molecule has 0 amide bonds. The number of hydrogen-bond donors (Lipinski definition) is 0. The molecule has 6 nitrogen and oxygen atoms in total.